The Kier molecular flexibility index (Phi) is 10.8. The third kappa shape index (κ3) is 8.08. The quantitative estimate of drug-likeness (QED) is 0.128. The Labute approximate surface area is 308 Å². The van der Waals surface area contributed by atoms with Gasteiger partial charge in [0.25, 0.3) is 0 Å². The van der Waals surface area contributed by atoms with Crippen molar-refractivity contribution in [1.82, 2.24) is 0 Å². The van der Waals surface area contributed by atoms with E-state index >= 15 is 0 Å². The van der Waals surface area contributed by atoms with E-state index in [1.54, 1.807) is 0 Å². The van der Waals surface area contributed by atoms with Crippen LogP contribution in [0.15, 0.2) is 109 Å². The fourth-order valence-electron chi connectivity index (χ4n) is 8.27. The van der Waals surface area contributed by atoms with Gasteiger partial charge in [0.2, 0.25) is 0 Å². The van der Waals surface area contributed by atoms with Crippen molar-refractivity contribution in [2.24, 2.45) is 5.41 Å². The van der Waals surface area contributed by atoms with Crippen molar-refractivity contribution in [3.8, 4) is 11.5 Å². The zero-order valence-electron chi connectivity index (χ0n) is 30.2. The van der Waals surface area contributed by atoms with Crippen LogP contribution in [0.2, 0.25) is 0 Å². The summed E-state index contributed by atoms with van der Waals surface area (Å²) >= 11 is 0. The number of ether oxygens (including phenoxy) is 2. The minimum Gasteiger partial charge on any atom is -0.478 e. The molecule has 6 unspecified atom stereocenters. The van der Waals surface area contributed by atoms with E-state index in [1.807, 2.05) is 60.7 Å². The molecule has 1 spiro atoms. The second kappa shape index (κ2) is 14.5. The first-order valence-corrected chi connectivity index (χ1v) is 19.2. The topological polar surface area (TPSA) is 99.4 Å². The summed E-state index contributed by atoms with van der Waals surface area (Å²) in [5.74, 6) is 1.10. The largest absolute Gasteiger partial charge is 0.478 e. The SMILES string of the molecule is CC(C)(Cc1ccccc1)c1ccc(OC2(P)C(O)CC3(CC2O)CC(O)C(P)(Oc2ccc(C(C)(C)Cc4ccccc4)cc2)C(O)C3)cc1. The lowest BCUT2D eigenvalue weighted by atomic mass is 9.60. The van der Waals surface area contributed by atoms with E-state index < -0.39 is 40.5 Å². The molecule has 0 amide bonds. The number of hydrogen-bond acceptors (Lipinski definition) is 6. The Hall–Kier alpha value is -2.82. The van der Waals surface area contributed by atoms with Crippen LogP contribution >= 0.6 is 18.5 Å². The molecule has 2 fully saturated rings. The summed E-state index contributed by atoms with van der Waals surface area (Å²) in [6.07, 6.45) is -1.50. The molecular formula is C43H54O6P2. The van der Waals surface area contributed by atoms with Crippen molar-refractivity contribution < 1.29 is 29.9 Å². The zero-order chi connectivity index (χ0) is 36.7. The fraction of sp³-hybridized carbons (Fsp3) is 0.442. The molecule has 4 N–H and O–H groups in total. The highest BCUT2D eigenvalue weighted by molar-refractivity contribution is 7.19. The highest BCUT2D eigenvalue weighted by atomic mass is 31.0. The van der Waals surface area contributed by atoms with E-state index in [4.69, 9.17) is 9.47 Å². The molecule has 8 heteroatoms. The minimum atomic E-state index is -1.34. The van der Waals surface area contributed by atoms with Crippen LogP contribution in [0.25, 0.3) is 0 Å². The Balaban J connectivity index is 1.09. The van der Waals surface area contributed by atoms with Crippen molar-refractivity contribution in [1.29, 1.82) is 0 Å². The van der Waals surface area contributed by atoms with E-state index in [0.29, 0.717) is 11.5 Å². The predicted octanol–water partition coefficient (Wildman–Crippen LogP) is 7.35. The van der Waals surface area contributed by atoms with E-state index in [9.17, 15) is 20.4 Å². The van der Waals surface area contributed by atoms with Crippen molar-refractivity contribution in [2.75, 3.05) is 0 Å². The molecule has 272 valence electrons. The van der Waals surface area contributed by atoms with E-state index in [2.05, 4.69) is 94.7 Å². The van der Waals surface area contributed by atoms with E-state index in [-0.39, 0.29) is 36.5 Å². The normalized spacial score (nSPS) is 29.8. The smallest absolute Gasteiger partial charge is 0.172 e. The van der Waals surface area contributed by atoms with Gasteiger partial charge in [0.1, 0.15) is 35.9 Å². The second-order valence-corrected chi connectivity index (χ2v) is 18.2. The molecule has 6 atom stereocenters. The third-order valence-electron chi connectivity index (χ3n) is 11.4. The molecule has 6 nitrogen and oxygen atoms in total. The Morgan fingerprint density at radius 1 is 0.510 bits per heavy atom. The average molecular weight is 729 g/mol. The zero-order valence-corrected chi connectivity index (χ0v) is 32.5. The molecular weight excluding hydrogens is 674 g/mol. The summed E-state index contributed by atoms with van der Waals surface area (Å²) in [6, 6.07) is 36.6. The number of benzene rings is 4. The van der Waals surface area contributed by atoms with E-state index in [0.717, 1.165) is 24.0 Å². The van der Waals surface area contributed by atoms with E-state index in [1.165, 1.54) is 11.1 Å². The van der Waals surface area contributed by atoms with Crippen LogP contribution in [0.5, 0.6) is 11.5 Å². The lowest BCUT2D eigenvalue weighted by Gasteiger charge is -2.56. The van der Waals surface area contributed by atoms with Gasteiger partial charge in [-0.15, -0.1) is 0 Å². The Bertz CT molecular complexity index is 1580. The van der Waals surface area contributed by atoms with Crippen LogP contribution < -0.4 is 9.47 Å². The molecule has 0 bridgehead atoms. The van der Waals surface area contributed by atoms with Crippen LogP contribution in [0, 0.1) is 5.41 Å². The van der Waals surface area contributed by atoms with Crippen LogP contribution in [0.3, 0.4) is 0 Å². The second-order valence-electron chi connectivity index (χ2n) is 16.4. The van der Waals surface area contributed by atoms with Gasteiger partial charge in [-0.3, -0.25) is 0 Å². The maximum Gasteiger partial charge on any atom is 0.172 e. The van der Waals surface area contributed by atoms with Gasteiger partial charge in [-0.2, -0.15) is 0 Å². The minimum absolute atomic E-state index is 0.100. The highest BCUT2D eigenvalue weighted by Crippen LogP contribution is 2.56. The summed E-state index contributed by atoms with van der Waals surface area (Å²) in [6.45, 7) is 8.86. The molecule has 4 aromatic rings. The number of aliphatic hydroxyl groups is 4. The molecule has 0 heterocycles. The summed E-state index contributed by atoms with van der Waals surface area (Å²) in [5.41, 5.74) is 3.96. The van der Waals surface area contributed by atoms with Crippen LogP contribution in [-0.4, -0.2) is 55.5 Å². The summed E-state index contributed by atoms with van der Waals surface area (Å²) in [4.78, 5) is 0. The fourth-order valence-corrected chi connectivity index (χ4v) is 9.01. The third-order valence-corrected chi connectivity index (χ3v) is 13.2. The molecule has 2 aliphatic carbocycles. The van der Waals surface area contributed by atoms with Crippen molar-refractivity contribution in [2.45, 2.75) is 112 Å². The Morgan fingerprint density at radius 3 is 1.10 bits per heavy atom. The maximum atomic E-state index is 11.5. The van der Waals surface area contributed by atoms with Crippen LogP contribution in [0.1, 0.15) is 75.6 Å². The van der Waals surface area contributed by atoms with Gasteiger partial charge < -0.3 is 29.9 Å². The highest BCUT2D eigenvalue weighted by Gasteiger charge is 2.60. The lowest BCUT2D eigenvalue weighted by molar-refractivity contribution is -0.186. The van der Waals surface area contributed by atoms with Gasteiger partial charge in [-0.25, -0.2) is 0 Å². The molecule has 0 saturated heterocycles. The Morgan fingerprint density at radius 2 is 0.804 bits per heavy atom. The van der Waals surface area contributed by atoms with Crippen molar-refractivity contribution in [3.05, 3.63) is 131 Å². The summed E-state index contributed by atoms with van der Waals surface area (Å²) in [7, 11) is 5.11. The van der Waals surface area contributed by atoms with Crippen molar-refractivity contribution >= 4 is 18.5 Å². The van der Waals surface area contributed by atoms with Gasteiger partial charge in [0, 0.05) is 0 Å². The average Bonchev–Trinajstić information content (AvgIpc) is 3.08. The monoisotopic (exact) mass is 728 g/mol. The number of aliphatic hydroxyl groups excluding tert-OH is 4. The number of rotatable bonds is 10. The first-order chi connectivity index (χ1) is 24.0. The van der Waals surface area contributed by atoms with Gasteiger partial charge in [0.05, 0.1) is 0 Å². The van der Waals surface area contributed by atoms with Crippen LogP contribution in [-0.2, 0) is 23.7 Å². The first-order valence-electron chi connectivity index (χ1n) is 18.0. The van der Waals surface area contributed by atoms with Crippen LogP contribution in [0.4, 0.5) is 0 Å². The molecule has 51 heavy (non-hydrogen) atoms. The molecule has 0 aromatic heterocycles. The molecule has 6 rings (SSSR count). The van der Waals surface area contributed by atoms with Gasteiger partial charge in [-0.05, 0) is 101 Å². The first kappa shape index (κ1) is 37.9. The maximum absolute atomic E-state index is 11.5. The van der Waals surface area contributed by atoms with Gasteiger partial charge >= 0.3 is 0 Å². The van der Waals surface area contributed by atoms with Gasteiger partial charge in [-0.1, -0.05) is 131 Å². The lowest BCUT2D eigenvalue weighted by Crippen LogP contribution is -2.65. The molecule has 2 saturated carbocycles. The molecule has 2 aliphatic rings. The summed E-state index contributed by atoms with van der Waals surface area (Å²) in [5, 5.41) is 43.5. The molecule has 4 aromatic carbocycles. The summed E-state index contributed by atoms with van der Waals surface area (Å²) < 4.78 is 12.7. The number of hydrogen-bond donors (Lipinski definition) is 4. The molecule has 0 radical (unpaired) electrons. The van der Waals surface area contributed by atoms with Gasteiger partial charge in [0.15, 0.2) is 10.7 Å². The predicted molar refractivity (Wildman–Crippen MR) is 210 cm³/mol. The standard InChI is InChI=1S/C43H54O6P2/c1-39(2,23-29-11-7-5-8-12-29)31-15-19-33(20-16-31)48-42(50)35(44)25-41(26-36(42)45)27-37(46)43(51,38(47)28-41)49-34-21-17-32(18-22-34)40(3,4)24-30-13-9-6-10-14-30/h5-22,35-38,44-47H,23-28,50-51H2,1-4H3. The molecule has 0 aliphatic heterocycles. The van der Waals surface area contributed by atoms with Crippen molar-refractivity contribution in [3.63, 3.8) is 0 Å².